The van der Waals surface area contributed by atoms with Crippen molar-refractivity contribution in [3.63, 3.8) is 0 Å². The smallest absolute Gasteiger partial charge is 0.329 e. The van der Waals surface area contributed by atoms with Crippen LogP contribution >= 0.6 is 23.4 Å². The van der Waals surface area contributed by atoms with Crippen LogP contribution in [0.15, 0.2) is 24.3 Å². The average molecular weight is 356 g/mol. The Bertz CT molecular complexity index is 561. The second-order valence-electron chi connectivity index (χ2n) is 5.87. The van der Waals surface area contributed by atoms with Crippen LogP contribution in [0.25, 0.3) is 0 Å². The number of benzene rings is 1. The maximum absolute atomic E-state index is 12.9. The van der Waals surface area contributed by atoms with Crippen LogP contribution in [-0.2, 0) is 9.53 Å². The molecule has 6 heteroatoms. The van der Waals surface area contributed by atoms with E-state index in [1.807, 2.05) is 6.92 Å². The Morgan fingerprint density at radius 1 is 1.35 bits per heavy atom. The lowest BCUT2D eigenvalue weighted by Gasteiger charge is -2.30. The molecule has 1 aliphatic heterocycles. The molecule has 1 aromatic carbocycles. The van der Waals surface area contributed by atoms with Crippen LogP contribution in [0.4, 0.5) is 0 Å². The summed E-state index contributed by atoms with van der Waals surface area (Å²) in [5, 5.41) is 0.550. The first-order valence-electron chi connectivity index (χ1n) is 7.82. The molecule has 0 aromatic heterocycles. The van der Waals surface area contributed by atoms with Gasteiger partial charge in [0.25, 0.3) is 5.91 Å². The number of esters is 1. The lowest BCUT2D eigenvalue weighted by Crippen LogP contribution is -2.47. The van der Waals surface area contributed by atoms with Gasteiger partial charge >= 0.3 is 5.97 Å². The van der Waals surface area contributed by atoms with Gasteiger partial charge in [0.15, 0.2) is 0 Å². The highest BCUT2D eigenvalue weighted by Crippen LogP contribution is 2.35. The normalized spacial score (nSPS) is 20.8. The Morgan fingerprint density at radius 3 is 2.57 bits per heavy atom. The first-order chi connectivity index (χ1) is 11.0. The number of hydrogen-bond donors (Lipinski definition) is 0. The van der Waals surface area contributed by atoms with Crippen molar-refractivity contribution in [1.82, 2.24) is 4.90 Å². The number of hydrogen-bond acceptors (Lipinski definition) is 4. The SMILES string of the molecule is CCCOC(=O)[C@@H]1CS[C@H](C(C)C)N1C(=O)c1ccc(Cl)cc1. The van der Waals surface area contributed by atoms with E-state index in [9.17, 15) is 9.59 Å². The van der Waals surface area contributed by atoms with Crippen molar-refractivity contribution in [3.8, 4) is 0 Å². The summed E-state index contributed by atoms with van der Waals surface area (Å²) in [6, 6.07) is 6.24. The molecule has 1 aliphatic rings. The standard InChI is InChI=1S/C17H22ClNO3S/c1-4-9-22-17(21)14-10-23-16(11(2)3)19(14)15(20)12-5-7-13(18)8-6-12/h5-8,11,14,16H,4,9-10H2,1-3H3/t14-,16+/m0/s1. The van der Waals surface area contributed by atoms with Gasteiger partial charge in [0, 0.05) is 16.3 Å². The van der Waals surface area contributed by atoms with E-state index < -0.39 is 6.04 Å². The number of rotatable bonds is 5. The van der Waals surface area contributed by atoms with Gasteiger partial charge < -0.3 is 9.64 Å². The molecule has 0 unspecified atom stereocenters. The van der Waals surface area contributed by atoms with Gasteiger partial charge in [0.2, 0.25) is 0 Å². The van der Waals surface area contributed by atoms with Gasteiger partial charge in [-0.15, -0.1) is 11.8 Å². The maximum atomic E-state index is 12.9. The average Bonchev–Trinajstić information content (AvgIpc) is 2.97. The lowest BCUT2D eigenvalue weighted by molar-refractivity contribution is -0.148. The minimum atomic E-state index is -0.526. The summed E-state index contributed by atoms with van der Waals surface area (Å²) in [6.07, 6.45) is 0.768. The van der Waals surface area contributed by atoms with Crippen molar-refractivity contribution in [3.05, 3.63) is 34.9 Å². The number of ether oxygens (including phenoxy) is 1. The Morgan fingerprint density at radius 2 is 2.00 bits per heavy atom. The second-order valence-corrected chi connectivity index (χ2v) is 7.46. The molecule has 0 saturated carbocycles. The monoisotopic (exact) mass is 355 g/mol. The Kier molecular flexibility index (Phi) is 6.36. The Hall–Kier alpha value is -1.20. The molecule has 2 atom stereocenters. The topological polar surface area (TPSA) is 46.6 Å². The summed E-state index contributed by atoms with van der Waals surface area (Å²) in [4.78, 5) is 26.9. The summed E-state index contributed by atoms with van der Waals surface area (Å²) in [6.45, 7) is 6.44. The van der Waals surface area contributed by atoms with Gasteiger partial charge in [0.05, 0.1) is 12.0 Å². The third-order valence-corrected chi connectivity index (χ3v) is 5.52. The molecule has 1 aromatic rings. The van der Waals surface area contributed by atoms with Crippen LogP contribution in [0.1, 0.15) is 37.6 Å². The van der Waals surface area contributed by atoms with Gasteiger partial charge in [-0.25, -0.2) is 4.79 Å². The second kappa shape index (κ2) is 8.06. The molecule has 126 valence electrons. The Balaban J connectivity index is 2.25. The first-order valence-corrected chi connectivity index (χ1v) is 9.24. The molecule has 23 heavy (non-hydrogen) atoms. The van der Waals surface area contributed by atoms with E-state index in [1.165, 1.54) is 0 Å². The van der Waals surface area contributed by atoms with Crippen molar-refractivity contribution in [2.45, 2.75) is 38.6 Å². The summed E-state index contributed by atoms with van der Waals surface area (Å²) >= 11 is 7.52. The summed E-state index contributed by atoms with van der Waals surface area (Å²) < 4.78 is 5.27. The Labute approximate surface area is 146 Å². The zero-order valence-electron chi connectivity index (χ0n) is 13.6. The van der Waals surface area contributed by atoms with E-state index >= 15 is 0 Å². The van der Waals surface area contributed by atoms with E-state index in [4.69, 9.17) is 16.3 Å². The zero-order chi connectivity index (χ0) is 17.0. The highest BCUT2D eigenvalue weighted by molar-refractivity contribution is 8.00. The molecule has 0 N–H and O–H groups in total. The molecule has 1 amide bonds. The third kappa shape index (κ3) is 4.21. The van der Waals surface area contributed by atoms with E-state index in [1.54, 1.807) is 40.9 Å². The number of amides is 1. The summed E-state index contributed by atoms with van der Waals surface area (Å²) in [7, 11) is 0. The van der Waals surface area contributed by atoms with Gasteiger partial charge in [-0.2, -0.15) is 0 Å². The number of nitrogens with zero attached hydrogens (tertiary/aromatic N) is 1. The molecule has 0 bridgehead atoms. The van der Waals surface area contributed by atoms with Crippen LogP contribution < -0.4 is 0 Å². The number of thioether (sulfide) groups is 1. The number of carbonyl (C=O) groups is 2. The minimum Gasteiger partial charge on any atom is -0.464 e. The van der Waals surface area contributed by atoms with Gasteiger partial charge in [0.1, 0.15) is 6.04 Å². The van der Waals surface area contributed by atoms with E-state index in [0.29, 0.717) is 22.9 Å². The fourth-order valence-electron chi connectivity index (χ4n) is 2.52. The molecule has 1 fully saturated rings. The molecular weight excluding hydrogens is 334 g/mol. The van der Waals surface area contributed by atoms with Gasteiger partial charge in [-0.3, -0.25) is 4.79 Å². The summed E-state index contributed by atoms with van der Waals surface area (Å²) in [5.41, 5.74) is 0.538. The number of carbonyl (C=O) groups excluding carboxylic acids is 2. The highest BCUT2D eigenvalue weighted by Gasteiger charge is 2.43. The largest absolute Gasteiger partial charge is 0.464 e. The van der Waals surface area contributed by atoms with Crippen LogP contribution in [0, 0.1) is 5.92 Å². The van der Waals surface area contributed by atoms with Crippen LogP contribution in [0.5, 0.6) is 0 Å². The van der Waals surface area contributed by atoms with Crippen molar-refractivity contribution < 1.29 is 14.3 Å². The number of halogens is 1. The fourth-order valence-corrected chi connectivity index (χ4v) is 4.11. The molecular formula is C17H22ClNO3S. The van der Waals surface area contributed by atoms with E-state index in [2.05, 4.69) is 13.8 Å². The maximum Gasteiger partial charge on any atom is 0.329 e. The van der Waals surface area contributed by atoms with Gasteiger partial charge in [-0.05, 0) is 36.6 Å². The summed E-state index contributed by atoms with van der Waals surface area (Å²) in [5.74, 6) is 0.360. The molecule has 1 heterocycles. The van der Waals surface area contributed by atoms with Crippen molar-refractivity contribution in [2.24, 2.45) is 5.92 Å². The van der Waals surface area contributed by atoms with Crippen molar-refractivity contribution in [1.29, 1.82) is 0 Å². The molecule has 0 spiro atoms. The lowest BCUT2D eigenvalue weighted by atomic mass is 10.1. The molecule has 0 aliphatic carbocycles. The molecule has 0 radical (unpaired) electrons. The predicted molar refractivity (Wildman–Crippen MR) is 93.7 cm³/mol. The highest BCUT2D eigenvalue weighted by atomic mass is 35.5. The van der Waals surface area contributed by atoms with Crippen LogP contribution in [-0.4, -0.2) is 40.6 Å². The van der Waals surface area contributed by atoms with E-state index in [-0.39, 0.29) is 23.2 Å². The van der Waals surface area contributed by atoms with Crippen LogP contribution in [0.3, 0.4) is 0 Å². The molecule has 4 nitrogen and oxygen atoms in total. The fraction of sp³-hybridized carbons (Fsp3) is 0.529. The van der Waals surface area contributed by atoms with Crippen molar-refractivity contribution in [2.75, 3.05) is 12.4 Å². The molecule has 2 rings (SSSR count). The van der Waals surface area contributed by atoms with Crippen molar-refractivity contribution >= 4 is 35.2 Å². The van der Waals surface area contributed by atoms with Crippen LogP contribution in [0.2, 0.25) is 5.02 Å². The minimum absolute atomic E-state index is 0.0302. The molecule has 1 saturated heterocycles. The third-order valence-electron chi connectivity index (χ3n) is 3.65. The van der Waals surface area contributed by atoms with Gasteiger partial charge in [-0.1, -0.05) is 32.4 Å². The quantitative estimate of drug-likeness (QED) is 0.753. The van der Waals surface area contributed by atoms with E-state index in [0.717, 1.165) is 6.42 Å². The zero-order valence-corrected chi connectivity index (χ0v) is 15.2. The first kappa shape index (κ1) is 18.1. The predicted octanol–water partition coefficient (Wildman–Crippen LogP) is 3.83.